The van der Waals surface area contributed by atoms with E-state index >= 15 is 0 Å². The molecule has 3 rings (SSSR count). The Bertz CT molecular complexity index is 715. The second-order valence-corrected chi connectivity index (χ2v) is 5.09. The van der Waals surface area contributed by atoms with E-state index in [1.807, 2.05) is 60.7 Å². The van der Waals surface area contributed by atoms with Crippen molar-refractivity contribution < 1.29 is 4.79 Å². The van der Waals surface area contributed by atoms with E-state index in [1.165, 1.54) is 5.01 Å². The molecule has 0 aromatic heterocycles. The van der Waals surface area contributed by atoms with Crippen LogP contribution in [0.1, 0.15) is 6.42 Å². The van der Waals surface area contributed by atoms with Crippen LogP contribution >= 0.6 is 12.2 Å². The van der Waals surface area contributed by atoms with Crippen LogP contribution in [0.15, 0.2) is 65.7 Å². The molecule has 6 heteroatoms. The molecule has 110 valence electrons. The molecule has 5 nitrogen and oxygen atoms in total. The number of aliphatic imine (C=N–C) groups is 1. The zero-order valence-electron chi connectivity index (χ0n) is 11.7. The van der Waals surface area contributed by atoms with Gasteiger partial charge in [0.05, 0.1) is 12.1 Å². The maximum absolute atomic E-state index is 12.0. The zero-order valence-corrected chi connectivity index (χ0v) is 12.5. The topological polar surface area (TPSA) is 56.7 Å². The molecule has 0 aliphatic carbocycles. The van der Waals surface area contributed by atoms with E-state index in [0.29, 0.717) is 10.9 Å². The first-order valence-electron chi connectivity index (χ1n) is 6.80. The van der Waals surface area contributed by atoms with Gasteiger partial charge in [0, 0.05) is 5.69 Å². The molecule has 2 aromatic rings. The summed E-state index contributed by atoms with van der Waals surface area (Å²) in [6.07, 6.45) is 0.200. The van der Waals surface area contributed by atoms with Crippen LogP contribution in [0.4, 0.5) is 11.4 Å². The lowest BCUT2D eigenvalue weighted by atomic mass is 10.3. The Morgan fingerprint density at radius 1 is 1.09 bits per heavy atom. The van der Waals surface area contributed by atoms with Crippen LogP contribution in [0, 0.1) is 0 Å². The third-order valence-electron chi connectivity index (χ3n) is 3.08. The molecule has 1 fully saturated rings. The maximum atomic E-state index is 12.0. The summed E-state index contributed by atoms with van der Waals surface area (Å²) < 4.78 is 0. The van der Waals surface area contributed by atoms with E-state index in [1.54, 1.807) is 0 Å². The van der Waals surface area contributed by atoms with Crippen molar-refractivity contribution in [1.82, 2.24) is 5.43 Å². The van der Waals surface area contributed by atoms with Crippen LogP contribution in [0.5, 0.6) is 0 Å². The molecule has 2 aromatic carbocycles. The molecular formula is C16H14N4OS. The van der Waals surface area contributed by atoms with Gasteiger partial charge in [-0.25, -0.2) is 10.0 Å². The fraction of sp³-hybridized carbons (Fsp3) is 0.0625. The second-order valence-electron chi connectivity index (χ2n) is 4.71. The van der Waals surface area contributed by atoms with Gasteiger partial charge in [0.1, 0.15) is 5.84 Å². The zero-order chi connectivity index (χ0) is 15.4. The number of hydrogen-bond acceptors (Lipinski definition) is 2. The number of thiocarbonyl (C=S) groups is 1. The highest BCUT2D eigenvalue weighted by atomic mass is 32.1. The quantitative estimate of drug-likeness (QED) is 0.838. The lowest BCUT2D eigenvalue weighted by Gasteiger charge is -2.15. The normalized spacial score (nSPS) is 15.7. The van der Waals surface area contributed by atoms with Crippen molar-refractivity contribution in [1.29, 1.82) is 0 Å². The largest absolute Gasteiger partial charge is 0.331 e. The van der Waals surface area contributed by atoms with E-state index < -0.39 is 0 Å². The van der Waals surface area contributed by atoms with E-state index in [0.717, 1.165) is 11.4 Å². The maximum Gasteiger partial charge on any atom is 0.253 e. The number of para-hydroxylation sites is 2. The van der Waals surface area contributed by atoms with E-state index in [-0.39, 0.29) is 12.3 Å². The standard InChI is InChI=1S/C16H14N4OS/c21-15-11-14(19-20(15)13-9-5-2-6-10-13)18-16(22)17-12-7-3-1-4-8-12/h1-10H,11H2,(H2,17,18,19,22). The smallest absolute Gasteiger partial charge is 0.253 e. The number of nitrogens with one attached hydrogen (secondary N) is 2. The first kappa shape index (κ1) is 14.2. The number of hydrogen-bond donors (Lipinski definition) is 2. The van der Waals surface area contributed by atoms with Crippen LogP contribution < -0.4 is 15.8 Å². The van der Waals surface area contributed by atoms with Gasteiger partial charge in [-0.05, 0) is 36.5 Å². The first-order valence-corrected chi connectivity index (χ1v) is 7.21. The highest BCUT2D eigenvalue weighted by molar-refractivity contribution is 7.80. The van der Waals surface area contributed by atoms with Crippen molar-refractivity contribution in [3.05, 3.63) is 60.7 Å². The van der Waals surface area contributed by atoms with Gasteiger partial charge in [-0.1, -0.05) is 36.4 Å². The molecule has 1 amide bonds. The van der Waals surface area contributed by atoms with Gasteiger partial charge < -0.3 is 5.32 Å². The number of carbonyl (C=O) groups is 1. The molecule has 0 radical (unpaired) electrons. The van der Waals surface area contributed by atoms with Crippen LogP contribution in [-0.2, 0) is 4.79 Å². The fourth-order valence-corrected chi connectivity index (χ4v) is 2.33. The molecule has 0 atom stereocenters. The number of nitrogens with zero attached hydrogens (tertiary/aromatic N) is 2. The summed E-state index contributed by atoms with van der Waals surface area (Å²) in [6, 6.07) is 18.9. The lowest BCUT2D eigenvalue weighted by molar-refractivity contribution is -0.116. The lowest BCUT2D eigenvalue weighted by Crippen LogP contribution is -2.36. The summed E-state index contributed by atoms with van der Waals surface area (Å²) in [5.74, 6) is 0.467. The molecule has 1 aliphatic heterocycles. The fourth-order valence-electron chi connectivity index (χ4n) is 2.10. The van der Waals surface area contributed by atoms with Gasteiger partial charge >= 0.3 is 0 Å². The highest BCUT2D eigenvalue weighted by Crippen LogP contribution is 2.16. The van der Waals surface area contributed by atoms with Crippen molar-refractivity contribution >= 4 is 40.4 Å². The van der Waals surface area contributed by atoms with Crippen molar-refractivity contribution in [2.24, 2.45) is 4.99 Å². The predicted molar refractivity (Wildman–Crippen MR) is 91.8 cm³/mol. The first-order chi connectivity index (χ1) is 10.7. The average Bonchev–Trinajstić information content (AvgIpc) is 2.89. The summed E-state index contributed by atoms with van der Waals surface area (Å²) in [5.41, 5.74) is 4.62. The van der Waals surface area contributed by atoms with Crippen molar-refractivity contribution in [2.45, 2.75) is 6.42 Å². The average molecular weight is 310 g/mol. The third-order valence-corrected chi connectivity index (χ3v) is 3.28. The molecule has 0 spiro atoms. The molecule has 0 unspecified atom stereocenters. The van der Waals surface area contributed by atoms with Crippen LogP contribution in [0.2, 0.25) is 0 Å². The minimum absolute atomic E-state index is 0.0625. The van der Waals surface area contributed by atoms with Crippen LogP contribution in [0.3, 0.4) is 0 Å². The Labute approximate surface area is 133 Å². The number of anilines is 2. The molecule has 1 aliphatic rings. The second kappa shape index (κ2) is 6.36. The van der Waals surface area contributed by atoms with Gasteiger partial charge in [0.2, 0.25) is 0 Å². The number of rotatable bonds is 2. The Morgan fingerprint density at radius 2 is 1.73 bits per heavy atom. The van der Waals surface area contributed by atoms with E-state index in [4.69, 9.17) is 12.2 Å². The van der Waals surface area contributed by atoms with Gasteiger partial charge in [0.15, 0.2) is 5.11 Å². The summed E-state index contributed by atoms with van der Waals surface area (Å²) in [6.45, 7) is 0. The molecule has 0 bridgehead atoms. The molecule has 1 heterocycles. The molecule has 2 N–H and O–H groups in total. The summed E-state index contributed by atoms with van der Waals surface area (Å²) in [5, 5.41) is 4.80. The van der Waals surface area contributed by atoms with Crippen LogP contribution in [-0.4, -0.2) is 16.9 Å². The minimum atomic E-state index is -0.0625. The number of amidine groups is 1. The summed E-state index contributed by atoms with van der Waals surface area (Å²) in [7, 11) is 0. The SMILES string of the molecule is O=C1CC(=NC(=S)Nc2ccccc2)NN1c1ccccc1. The number of benzene rings is 2. The van der Waals surface area contributed by atoms with Gasteiger partial charge in [-0.3, -0.25) is 10.2 Å². The number of hydrazine groups is 1. The van der Waals surface area contributed by atoms with Crippen molar-refractivity contribution in [3.63, 3.8) is 0 Å². The predicted octanol–water partition coefficient (Wildman–Crippen LogP) is 2.72. The molecule has 22 heavy (non-hydrogen) atoms. The van der Waals surface area contributed by atoms with Gasteiger partial charge in [-0.15, -0.1) is 0 Å². The van der Waals surface area contributed by atoms with Crippen LogP contribution in [0.25, 0.3) is 0 Å². The van der Waals surface area contributed by atoms with Crippen molar-refractivity contribution in [3.8, 4) is 0 Å². The summed E-state index contributed by atoms with van der Waals surface area (Å²) >= 11 is 5.20. The molecule has 0 saturated carbocycles. The van der Waals surface area contributed by atoms with Gasteiger partial charge in [-0.2, -0.15) is 0 Å². The van der Waals surface area contributed by atoms with E-state index in [2.05, 4.69) is 15.7 Å². The molecule has 1 saturated heterocycles. The third kappa shape index (κ3) is 3.29. The van der Waals surface area contributed by atoms with E-state index in [9.17, 15) is 4.79 Å². The molecular weight excluding hydrogens is 296 g/mol. The Balaban J connectivity index is 1.69. The minimum Gasteiger partial charge on any atom is -0.331 e. The highest BCUT2D eigenvalue weighted by Gasteiger charge is 2.26. The Hall–Kier alpha value is -2.73. The summed E-state index contributed by atoms with van der Waals surface area (Å²) in [4.78, 5) is 16.3. The Kier molecular flexibility index (Phi) is 4.11. The number of amides is 1. The van der Waals surface area contributed by atoms with Crippen molar-refractivity contribution in [2.75, 3.05) is 10.3 Å². The monoisotopic (exact) mass is 310 g/mol. The van der Waals surface area contributed by atoms with Gasteiger partial charge in [0.25, 0.3) is 5.91 Å². The Morgan fingerprint density at radius 3 is 2.41 bits per heavy atom. The number of carbonyl (C=O) groups excluding carboxylic acids is 1.